The topological polar surface area (TPSA) is 49.6 Å². The molecule has 0 radical (unpaired) electrons. The van der Waals surface area contributed by atoms with Gasteiger partial charge in [-0.25, -0.2) is 0 Å². The molecule has 0 aromatic heterocycles. The van der Waals surface area contributed by atoms with Crippen molar-refractivity contribution < 1.29 is 4.79 Å². The zero-order valence-electron chi connectivity index (χ0n) is 12.2. The monoisotopic (exact) mass is 319 g/mol. The van der Waals surface area contributed by atoms with Crippen molar-refractivity contribution in [2.45, 2.75) is 19.5 Å². The molecule has 0 bridgehead atoms. The van der Waals surface area contributed by atoms with E-state index >= 15 is 0 Å². The van der Waals surface area contributed by atoms with Gasteiger partial charge >= 0.3 is 0 Å². The molecule has 1 rings (SSSR count). The van der Waals surface area contributed by atoms with Gasteiger partial charge in [-0.3, -0.25) is 4.79 Å². The number of carbonyl (C=O) groups is 1. The summed E-state index contributed by atoms with van der Waals surface area (Å²) in [6.07, 6.45) is 0. The fourth-order valence-electron chi connectivity index (χ4n) is 1.73. The average Bonchev–Trinajstić information content (AvgIpc) is 2.33. The minimum atomic E-state index is -0.485. The lowest BCUT2D eigenvalue weighted by atomic mass is 10.2. The van der Waals surface area contributed by atoms with Gasteiger partial charge in [-0.1, -0.05) is 23.7 Å². The van der Waals surface area contributed by atoms with Crippen molar-refractivity contribution >= 4 is 29.9 Å². The summed E-state index contributed by atoms with van der Waals surface area (Å²) in [6.45, 7) is 3.71. The highest BCUT2D eigenvalue weighted by atomic mass is 35.5. The highest BCUT2D eigenvalue weighted by molar-refractivity contribution is 6.30. The Hall–Kier alpha value is -0.810. The van der Waals surface area contributed by atoms with Crippen LogP contribution < -0.4 is 5.73 Å². The molecule has 20 heavy (non-hydrogen) atoms. The van der Waals surface area contributed by atoms with E-state index in [1.165, 1.54) is 0 Å². The number of rotatable bonds is 6. The number of hydrogen-bond donors (Lipinski definition) is 1. The summed E-state index contributed by atoms with van der Waals surface area (Å²) in [4.78, 5) is 15.9. The van der Waals surface area contributed by atoms with E-state index in [2.05, 4.69) is 0 Å². The first-order chi connectivity index (χ1) is 8.90. The van der Waals surface area contributed by atoms with Gasteiger partial charge in [0.05, 0.1) is 6.04 Å². The first-order valence-electron chi connectivity index (χ1n) is 6.33. The molecule has 1 amide bonds. The van der Waals surface area contributed by atoms with Crippen LogP contribution in [0.4, 0.5) is 0 Å². The normalized spacial score (nSPS) is 11.9. The van der Waals surface area contributed by atoms with Crippen LogP contribution in [0.3, 0.4) is 0 Å². The van der Waals surface area contributed by atoms with E-state index in [1.807, 2.05) is 43.3 Å². The molecule has 114 valence electrons. The maximum atomic E-state index is 12.1. The molecule has 0 spiro atoms. The molecule has 0 aliphatic carbocycles. The smallest absolute Gasteiger partial charge is 0.239 e. The van der Waals surface area contributed by atoms with Gasteiger partial charge in [0.2, 0.25) is 5.91 Å². The standard InChI is InChI=1S/C14H22ClN3O.ClH/c1-11(16)14(19)18(8-7-17(2)3)10-12-5-4-6-13(15)9-12;/h4-6,9,11H,7-8,10,16H2,1-3H3;1H. The Bertz CT molecular complexity index is 425. The second kappa shape index (κ2) is 9.19. The fourth-order valence-corrected chi connectivity index (χ4v) is 1.94. The van der Waals surface area contributed by atoms with Crippen LogP contribution in [0.1, 0.15) is 12.5 Å². The maximum Gasteiger partial charge on any atom is 0.239 e. The second-order valence-electron chi connectivity index (χ2n) is 4.98. The number of likely N-dealkylation sites (N-methyl/N-ethyl adjacent to an activating group) is 1. The summed E-state index contributed by atoms with van der Waals surface area (Å²) in [5.41, 5.74) is 6.71. The van der Waals surface area contributed by atoms with Crippen LogP contribution in [0.25, 0.3) is 0 Å². The summed E-state index contributed by atoms with van der Waals surface area (Å²) < 4.78 is 0. The molecule has 0 saturated carbocycles. The molecule has 0 fully saturated rings. The molecular formula is C14H23Cl2N3O. The molecule has 0 saturated heterocycles. The van der Waals surface area contributed by atoms with Crippen LogP contribution in [0.15, 0.2) is 24.3 Å². The van der Waals surface area contributed by atoms with E-state index in [-0.39, 0.29) is 18.3 Å². The molecule has 0 aliphatic heterocycles. The number of nitrogens with two attached hydrogens (primary N) is 1. The number of amides is 1. The number of carbonyl (C=O) groups excluding carboxylic acids is 1. The van der Waals surface area contributed by atoms with Crippen LogP contribution in [0.5, 0.6) is 0 Å². The Labute approximate surface area is 132 Å². The zero-order valence-corrected chi connectivity index (χ0v) is 13.7. The van der Waals surface area contributed by atoms with Crippen LogP contribution in [-0.4, -0.2) is 48.9 Å². The van der Waals surface area contributed by atoms with Crippen molar-refractivity contribution in [3.63, 3.8) is 0 Å². The van der Waals surface area contributed by atoms with Gasteiger partial charge in [-0.15, -0.1) is 12.4 Å². The van der Waals surface area contributed by atoms with Gasteiger partial charge in [-0.05, 0) is 38.7 Å². The predicted octanol–water partition coefficient (Wildman–Crippen LogP) is 2.00. The molecule has 1 aromatic carbocycles. The molecule has 2 N–H and O–H groups in total. The Kier molecular flexibility index (Phi) is 8.81. The summed E-state index contributed by atoms with van der Waals surface area (Å²) in [5, 5.41) is 0.679. The number of nitrogens with zero attached hydrogens (tertiary/aromatic N) is 2. The van der Waals surface area contributed by atoms with Gasteiger partial charge in [0, 0.05) is 24.7 Å². The van der Waals surface area contributed by atoms with Crippen molar-refractivity contribution in [2.24, 2.45) is 5.73 Å². The molecule has 0 aliphatic rings. The first kappa shape index (κ1) is 19.2. The number of hydrogen-bond acceptors (Lipinski definition) is 3. The molecule has 4 nitrogen and oxygen atoms in total. The number of benzene rings is 1. The van der Waals surface area contributed by atoms with E-state index in [4.69, 9.17) is 17.3 Å². The Balaban J connectivity index is 0.00000361. The largest absolute Gasteiger partial charge is 0.336 e. The maximum absolute atomic E-state index is 12.1. The Morgan fingerprint density at radius 1 is 1.35 bits per heavy atom. The molecule has 6 heteroatoms. The average molecular weight is 320 g/mol. The third kappa shape index (κ3) is 6.57. The molecule has 1 unspecified atom stereocenters. The van der Waals surface area contributed by atoms with E-state index in [0.29, 0.717) is 18.1 Å². The van der Waals surface area contributed by atoms with Gasteiger partial charge < -0.3 is 15.5 Å². The summed E-state index contributed by atoms with van der Waals surface area (Å²) in [7, 11) is 3.96. The quantitative estimate of drug-likeness (QED) is 0.872. The molecule has 1 atom stereocenters. The van der Waals surface area contributed by atoms with Gasteiger partial charge in [-0.2, -0.15) is 0 Å². The lowest BCUT2D eigenvalue weighted by Gasteiger charge is -2.26. The summed E-state index contributed by atoms with van der Waals surface area (Å²) in [6, 6.07) is 7.06. The van der Waals surface area contributed by atoms with Crippen LogP contribution in [0, 0.1) is 0 Å². The predicted molar refractivity (Wildman–Crippen MR) is 86.3 cm³/mol. The second-order valence-corrected chi connectivity index (χ2v) is 5.42. The van der Waals surface area contributed by atoms with Crippen LogP contribution >= 0.6 is 24.0 Å². The Morgan fingerprint density at radius 2 is 2.00 bits per heavy atom. The van der Waals surface area contributed by atoms with Gasteiger partial charge in [0.1, 0.15) is 0 Å². The van der Waals surface area contributed by atoms with Crippen molar-refractivity contribution in [3.8, 4) is 0 Å². The summed E-state index contributed by atoms with van der Waals surface area (Å²) in [5.74, 6) is -0.0400. The first-order valence-corrected chi connectivity index (χ1v) is 6.71. The molecule has 1 aromatic rings. The lowest BCUT2D eigenvalue weighted by molar-refractivity contribution is -0.133. The van der Waals surface area contributed by atoms with Crippen LogP contribution in [-0.2, 0) is 11.3 Å². The molecule has 0 heterocycles. The van der Waals surface area contributed by atoms with E-state index in [9.17, 15) is 4.79 Å². The fraction of sp³-hybridized carbons (Fsp3) is 0.500. The minimum Gasteiger partial charge on any atom is -0.336 e. The van der Waals surface area contributed by atoms with Crippen molar-refractivity contribution in [3.05, 3.63) is 34.9 Å². The third-order valence-corrected chi connectivity index (χ3v) is 3.02. The number of halogens is 2. The van der Waals surface area contributed by atoms with Gasteiger partial charge in [0.15, 0.2) is 0 Å². The summed E-state index contributed by atoms with van der Waals surface area (Å²) >= 11 is 5.96. The minimum absolute atomic E-state index is 0. The Morgan fingerprint density at radius 3 is 2.50 bits per heavy atom. The molecular weight excluding hydrogens is 297 g/mol. The van der Waals surface area contributed by atoms with Gasteiger partial charge in [0.25, 0.3) is 0 Å². The van der Waals surface area contributed by atoms with Crippen molar-refractivity contribution in [1.29, 1.82) is 0 Å². The van der Waals surface area contributed by atoms with Crippen molar-refractivity contribution in [2.75, 3.05) is 27.2 Å². The lowest BCUT2D eigenvalue weighted by Crippen LogP contribution is -2.44. The van der Waals surface area contributed by atoms with E-state index in [1.54, 1.807) is 11.8 Å². The van der Waals surface area contributed by atoms with E-state index < -0.39 is 6.04 Å². The van der Waals surface area contributed by atoms with E-state index in [0.717, 1.165) is 12.1 Å². The van der Waals surface area contributed by atoms with Crippen LogP contribution in [0.2, 0.25) is 5.02 Å². The highest BCUT2D eigenvalue weighted by Crippen LogP contribution is 2.13. The third-order valence-electron chi connectivity index (χ3n) is 2.78. The zero-order chi connectivity index (χ0) is 14.4. The highest BCUT2D eigenvalue weighted by Gasteiger charge is 2.17. The SMILES string of the molecule is CC(N)C(=O)N(CCN(C)C)Cc1cccc(Cl)c1.Cl. The van der Waals surface area contributed by atoms with Crippen molar-refractivity contribution in [1.82, 2.24) is 9.80 Å².